The van der Waals surface area contributed by atoms with Gasteiger partial charge in [0.1, 0.15) is 0 Å². The van der Waals surface area contributed by atoms with Crippen molar-refractivity contribution in [3.63, 3.8) is 0 Å². The Labute approximate surface area is 404 Å². The van der Waals surface area contributed by atoms with Crippen LogP contribution in [-0.4, -0.2) is 23.5 Å². The Morgan fingerprint density at radius 2 is 1.36 bits per heavy atom. The van der Waals surface area contributed by atoms with Crippen molar-refractivity contribution < 1.29 is 24.1 Å². The predicted molar refractivity (Wildman–Crippen MR) is 271 cm³/mol. The molecule has 0 fully saturated rings. The van der Waals surface area contributed by atoms with E-state index < -0.39 is 0 Å². The van der Waals surface area contributed by atoms with Gasteiger partial charge in [-0.3, -0.25) is 4.98 Å². The van der Waals surface area contributed by atoms with Crippen LogP contribution < -0.4 is 4.74 Å². The Hall–Kier alpha value is -6.62. The number of hydrogen-bond acceptors (Lipinski definition) is 3. The van der Waals surface area contributed by atoms with Gasteiger partial charge in [0.15, 0.2) is 0 Å². The van der Waals surface area contributed by atoms with Crippen LogP contribution in [0.4, 0.5) is 0 Å². The minimum atomic E-state index is 0.0849. The SMILES string of the molecule is Cc1c2ccc(c1C)CCc1ccc(c3cn(-c4cccc(Oc5ccc6c7cc(-c8ccccn8)ccc7n(-c7cc(C(C)C)c(-c8ccc(C(C)(C)C)cc8)cn7)c6c5)c4)[c](=[Pt])n13)CC2. The molecule has 2 aliphatic carbocycles. The van der Waals surface area contributed by atoms with E-state index in [4.69, 9.17) is 14.7 Å². The van der Waals surface area contributed by atoms with Gasteiger partial charge in [-0.25, -0.2) is 0 Å². The van der Waals surface area contributed by atoms with Crippen molar-refractivity contribution in [1.82, 2.24) is 23.5 Å². The van der Waals surface area contributed by atoms with Crippen molar-refractivity contribution in [2.24, 2.45) is 0 Å². The molecule has 2 aliphatic heterocycles. The summed E-state index contributed by atoms with van der Waals surface area (Å²) >= 11 is 2.51. The number of aromatic nitrogens is 5. The van der Waals surface area contributed by atoms with Gasteiger partial charge in [0.2, 0.25) is 0 Å². The summed E-state index contributed by atoms with van der Waals surface area (Å²) in [5, 5.41) is 2.26. The Balaban J connectivity index is 0.991. The van der Waals surface area contributed by atoms with Gasteiger partial charge in [0, 0.05) is 23.5 Å². The first-order valence-electron chi connectivity index (χ1n) is 23.6. The normalized spacial score (nSPS) is 13.0. The van der Waals surface area contributed by atoms with E-state index in [0.29, 0.717) is 0 Å². The number of pyridine rings is 3. The van der Waals surface area contributed by atoms with Crippen molar-refractivity contribution in [1.29, 1.82) is 0 Å². The Morgan fingerprint density at radius 3 is 2.10 bits per heavy atom. The average Bonchev–Trinajstić information content (AvgIpc) is 3.85. The molecule has 0 saturated heterocycles. The quantitative estimate of drug-likeness (QED) is 0.160. The van der Waals surface area contributed by atoms with Crippen molar-refractivity contribution in [3.8, 4) is 45.4 Å². The molecule has 0 radical (unpaired) electrons. The zero-order chi connectivity index (χ0) is 46.1. The second kappa shape index (κ2) is 16.9. The summed E-state index contributed by atoms with van der Waals surface area (Å²) in [4.78, 5) is 9.93. The molecule has 0 unspecified atom stereocenters. The zero-order valence-corrected chi connectivity index (χ0v) is 41.6. The number of aryl methyl sites for hydroxylation is 4. The van der Waals surface area contributed by atoms with Crippen LogP contribution >= 0.6 is 0 Å². The molecule has 336 valence electrons. The van der Waals surface area contributed by atoms with Crippen LogP contribution in [-0.2, 0) is 50.5 Å². The summed E-state index contributed by atoms with van der Waals surface area (Å²) in [6.07, 6.45) is 10.2. The maximum atomic E-state index is 6.84. The third-order valence-corrected chi connectivity index (χ3v) is 15.2. The van der Waals surface area contributed by atoms with Gasteiger partial charge in [-0.1, -0.05) is 71.0 Å². The molecule has 0 N–H and O–H groups in total. The van der Waals surface area contributed by atoms with Gasteiger partial charge in [-0.2, -0.15) is 0 Å². The van der Waals surface area contributed by atoms with Crippen molar-refractivity contribution in [3.05, 3.63) is 200 Å². The van der Waals surface area contributed by atoms with E-state index in [1.165, 1.54) is 55.7 Å². The molecule has 0 atom stereocenters. The van der Waals surface area contributed by atoms with Crippen LogP contribution in [0.5, 0.6) is 11.5 Å². The molecule has 14 rings (SSSR count). The van der Waals surface area contributed by atoms with Gasteiger partial charge in [0.25, 0.3) is 0 Å². The van der Waals surface area contributed by atoms with Gasteiger partial charge in [-0.05, 0) is 40.2 Å². The van der Waals surface area contributed by atoms with E-state index in [1.54, 1.807) is 0 Å². The van der Waals surface area contributed by atoms with Gasteiger partial charge in [0.05, 0.1) is 5.69 Å². The summed E-state index contributed by atoms with van der Waals surface area (Å²) in [6, 6.07) is 48.3. The number of hydrogen-bond donors (Lipinski definition) is 0. The first kappa shape index (κ1) is 43.0. The number of benzene rings is 5. The average molecular weight is 1060 g/mol. The molecule has 6 nitrogen and oxygen atoms in total. The topological polar surface area (TPSA) is 49.3 Å². The van der Waals surface area contributed by atoms with Crippen LogP contribution in [0.25, 0.3) is 61.2 Å². The molecule has 0 saturated carbocycles. The fourth-order valence-corrected chi connectivity index (χ4v) is 11.2. The molecule has 5 aromatic carbocycles. The Bertz CT molecular complexity index is 3610. The van der Waals surface area contributed by atoms with Crippen molar-refractivity contribution in [2.45, 2.75) is 85.5 Å². The van der Waals surface area contributed by atoms with E-state index in [-0.39, 0.29) is 11.3 Å². The summed E-state index contributed by atoms with van der Waals surface area (Å²) in [6.45, 7) is 15.9. The molecule has 5 aromatic heterocycles. The van der Waals surface area contributed by atoms with Gasteiger partial charge in [-0.15, -0.1) is 0 Å². The molecule has 4 aliphatic rings. The number of nitrogens with zero attached hydrogens (tertiary/aromatic N) is 5. The van der Waals surface area contributed by atoms with Gasteiger partial charge >= 0.3 is 261 Å². The fourth-order valence-electron chi connectivity index (χ4n) is 10.1. The standard InChI is InChI=1S/C60H55N5O.Pt/c1-38(2)52-34-59(62-35-54(52)43-18-23-46(24-19-43)60(5,6)7)65-56-29-22-45(55-13-8-9-30-61-55)31-53(56)51-28-27-50(33-57(51)65)66-49-12-10-11-48(32-49)63-36-58-44-17-16-41-14-15-42(40(4)39(41)3)20-25-47(26-21-44)64(58)37-63;/h8-15,18-19,21-24,26-36,38H,16-17,20,25H2,1-7H3;. The first-order valence-corrected chi connectivity index (χ1v) is 24.7. The molecule has 67 heavy (non-hydrogen) atoms. The third kappa shape index (κ3) is 7.79. The molecule has 10 aromatic rings. The number of imidazole rings is 1. The predicted octanol–water partition coefficient (Wildman–Crippen LogP) is 14.7. The second-order valence-electron chi connectivity index (χ2n) is 19.6. The summed E-state index contributed by atoms with van der Waals surface area (Å²) in [5.74, 6) is 2.68. The second-order valence-corrected chi connectivity index (χ2v) is 20.6. The molecular formula is C60H55N5OPt. The molecule has 0 amide bonds. The molecule has 7 heterocycles. The molecular weight excluding hydrogens is 1000 g/mol. The maximum absolute atomic E-state index is 6.84. The van der Waals surface area contributed by atoms with E-state index >= 15 is 0 Å². The molecule has 4 bridgehead atoms. The minimum absolute atomic E-state index is 0.0849. The van der Waals surface area contributed by atoms with Crippen molar-refractivity contribution >= 4 is 27.3 Å². The number of rotatable bonds is 7. The Kier molecular flexibility index (Phi) is 10.9. The molecule has 7 heteroatoms. The van der Waals surface area contributed by atoms with E-state index in [9.17, 15) is 0 Å². The van der Waals surface area contributed by atoms with Crippen LogP contribution in [0, 0.1) is 17.7 Å². The first-order chi connectivity index (χ1) is 32.4. The summed E-state index contributed by atoms with van der Waals surface area (Å²) in [7, 11) is 0. The summed E-state index contributed by atoms with van der Waals surface area (Å²) in [5.41, 5.74) is 19.9. The van der Waals surface area contributed by atoms with Crippen LogP contribution in [0.2, 0.25) is 0 Å². The summed E-state index contributed by atoms with van der Waals surface area (Å²) < 4.78 is 15.1. The fraction of sp³-hybridized carbons (Fsp3) is 0.217. The number of ether oxygens (including phenoxy) is 1. The van der Waals surface area contributed by atoms with Crippen LogP contribution in [0.15, 0.2) is 152 Å². The number of fused-ring (bicyclic) bond motifs is 3. The zero-order valence-electron chi connectivity index (χ0n) is 39.3. The van der Waals surface area contributed by atoms with Crippen molar-refractivity contribution in [2.75, 3.05) is 0 Å². The third-order valence-electron chi connectivity index (χ3n) is 14.1. The van der Waals surface area contributed by atoms with Crippen LogP contribution in [0.1, 0.15) is 85.2 Å². The molecule has 0 spiro atoms. The van der Waals surface area contributed by atoms with E-state index in [1.807, 2.05) is 18.3 Å². The van der Waals surface area contributed by atoms with Gasteiger partial charge < -0.3 is 0 Å². The van der Waals surface area contributed by atoms with E-state index in [2.05, 4.69) is 215 Å². The van der Waals surface area contributed by atoms with Crippen LogP contribution in [0.3, 0.4) is 0 Å². The Morgan fingerprint density at radius 1 is 0.627 bits per heavy atom. The van der Waals surface area contributed by atoms with E-state index in [0.717, 1.165) is 91.1 Å². The monoisotopic (exact) mass is 1060 g/mol.